The fourth-order valence-corrected chi connectivity index (χ4v) is 4.60. The van der Waals surface area contributed by atoms with E-state index in [4.69, 9.17) is 23.2 Å². The molecule has 3 rings (SSSR count). The Labute approximate surface area is 125 Å². The summed E-state index contributed by atoms with van der Waals surface area (Å²) >= 11 is 12.5. The molecule has 0 saturated heterocycles. The van der Waals surface area contributed by atoms with Gasteiger partial charge in [0.15, 0.2) is 0 Å². The van der Waals surface area contributed by atoms with Crippen molar-refractivity contribution in [1.82, 2.24) is 5.32 Å². The molecule has 0 amide bonds. The van der Waals surface area contributed by atoms with Gasteiger partial charge in [-0.05, 0) is 62.1 Å². The van der Waals surface area contributed by atoms with E-state index in [-0.39, 0.29) is 0 Å². The van der Waals surface area contributed by atoms with Crippen LogP contribution in [0.4, 0.5) is 0 Å². The summed E-state index contributed by atoms with van der Waals surface area (Å²) in [4.78, 5) is 0. The minimum absolute atomic E-state index is 0.329. The molecule has 19 heavy (non-hydrogen) atoms. The first-order valence-corrected chi connectivity index (χ1v) is 8.05. The van der Waals surface area contributed by atoms with Crippen LogP contribution in [-0.4, -0.2) is 7.05 Å². The van der Waals surface area contributed by atoms with Gasteiger partial charge in [-0.2, -0.15) is 0 Å². The number of hydrogen-bond donors (Lipinski definition) is 1. The Bertz CT molecular complexity index is 460. The second-order valence-corrected chi connectivity index (χ2v) is 6.94. The molecule has 2 saturated carbocycles. The van der Waals surface area contributed by atoms with Gasteiger partial charge in [-0.3, -0.25) is 0 Å². The van der Waals surface area contributed by atoms with E-state index in [9.17, 15) is 0 Å². The first-order valence-electron chi connectivity index (χ1n) is 7.30. The SMILES string of the molecule is CNC(CC1CC2CCC1C2)c1cccc(Cl)c1Cl. The zero-order valence-electron chi connectivity index (χ0n) is 11.3. The quantitative estimate of drug-likeness (QED) is 0.817. The third-order valence-electron chi connectivity index (χ3n) is 5.13. The van der Waals surface area contributed by atoms with Crippen molar-refractivity contribution in [1.29, 1.82) is 0 Å². The third-order valence-corrected chi connectivity index (χ3v) is 5.96. The summed E-state index contributed by atoms with van der Waals surface area (Å²) < 4.78 is 0. The van der Waals surface area contributed by atoms with Crippen LogP contribution in [0.2, 0.25) is 10.0 Å². The molecule has 4 atom stereocenters. The van der Waals surface area contributed by atoms with Crippen molar-refractivity contribution < 1.29 is 0 Å². The summed E-state index contributed by atoms with van der Waals surface area (Å²) in [5, 5.41) is 4.80. The molecular formula is C16H21Cl2N. The molecule has 2 aliphatic rings. The van der Waals surface area contributed by atoms with Crippen LogP contribution in [0, 0.1) is 17.8 Å². The summed E-state index contributed by atoms with van der Waals surface area (Å²) in [6, 6.07) is 6.28. The molecule has 0 aliphatic heterocycles. The van der Waals surface area contributed by atoms with E-state index in [1.54, 1.807) is 0 Å². The van der Waals surface area contributed by atoms with Gasteiger partial charge >= 0.3 is 0 Å². The third kappa shape index (κ3) is 2.66. The van der Waals surface area contributed by atoms with Crippen molar-refractivity contribution >= 4 is 23.2 Å². The van der Waals surface area contributed by atoms with Gasteiger partial charge in [0.05, 0.1) is 10.0 Å². The standard InChI is InChI=1S/C16H21Cl2N/c1-19-15(13-3-2-4-14(17)16(13)18)9-12-8-10-5-6-11(12)7-10/h2-4,10-12,15,19H,5-9H2,1H3. The molecule has 104 valence electrons. The topological polar surface area (TPSA) is 12.0 Å². The highest BCUT2D eigenvalue weighted by atomic mass is 35.5. The van der Waals surface area contributed by atoms with Gasteiger partial charge in [0.25, 0.3) is 0 Å². The lowest BCUT2D eigenvalue weighted by Gasteiger charge is -2.27. The molecule has 1 aromatic carbocycles. The molecule has 0 spiro atoms. The first-order chi connectivity index (χ1) is 9.19. The lowest BCUT2D eigenvalue weighted by molar-refractivity contribution is 0.284. The van der Waals surface area contributed by atoms with E-state index < -0.39 is 0 Å². The molecule has 1 aromatic rings. The summed E-state index contributed by atoms with van der Waals surface area (Å²) in [5.74, 6) is 2.83. The predicted molar refractivity (Wildman–Crippen MR) is 81.8 cm³/mol. The second-order valence-electron chi connectivity index (χ2n) is 6.15. The number of hydrogen-bond acceptors (Lipinski definition) is 1. The van der Waals surface area contributed by atoms with Gasteiger partial charge in [0, 0.05) is 6.04 Å². The highest BCUT2D eigenvalue weighted by molar-refractivity contribution is 6.42. The first kappa shape index (κ1) is 13.7. The van der Waals surface area contributed by atoms with E-state index in [0.29, 0.717) is 16.1 Å². The van der Waals surface area contributed by atoms with Crippen molar-refractivity contribution in [2.75, 3.05) is 7.05 Å². The highest BCUT2D eigenvalue weighted by Gasteiger charge is 2.40. The Balaban J connectivity index is 1.75. The van der Waals surface area contributed by atoms with Gasteiger partial charge < -0.3 is 5.32 Å². The summed E-state index contributed by atoms with van der Waals surface area (Å²) in [7, 11) is 2.02. The molecule has 3 heteroatoms. The molecular weight excluding hydrogens is 277 g/mol. The van der Waals surface area contributed by atoms with Gasteiger partial charge in [0.2, 0.25) is 0 Å². The zero-order chi connectivity index (χ0) is 13.4. The molecule has 2 bridgehead atoms. The molecule has 2 aliphatic carbocycles. The lowest BCUT2D eigenvalue weighted by atomic mass is 9.83. The minimum atomic E-state index is 0.329. The van der Waals surface area contributed by atoms with Gasteiger partial charge in [-0.15, -0.1) is 0 Å². The van der Waals surface area contributed by atoms with E-state index in [2.05, 4.69) is 11.4 Å². The molecule has 4 unspecified atom stereocenters. The maximum absolute atomic E-state index is 6.36. The normalized spacial score (nSPS) is 30.8. The number of nitrogens with one attached hydrogen (secondary N) is 1. The average Bonchev–Trinajstić information content (AvgIpc) is 3.02. The van der Waals surface area contributed by atoms with Crippen molar-refractivity contribution in [3.05, 3.63) is 33.8 Å². The van der Waals surface area contributed by atoms with Crippen molar-refractivity contribution in [3.63, 3.8) is 0 Å². The van der Waals surface area contributed by atoms with Crippen LogP contribution in [-0.2, 0) is 0 Å². The Morgan fingerprint density at radius 3 is 2.74 bits per heavy atom. The molecule has 1 N–H and O–H groups in total. The van der Waals surface area contributed by atoms with E-state index in [1.807, 2.05) is 19.2 Å². The van der Waals surface area contributed by atoms with Gasteiger partial charge in [-0.25, -0.2) is 0 Å². The summed E-state index contributed by atoms with van der Waals surface area (Å²) in [6.07, 6.45) is 6.97. The molecule has 2 fully saturated rings. The number of benzene rings is 1. The van der Waals surface area contributed by atoms with Crippen LogP contribution in [0.1, 0.15) is 43.7 Å². The Hall–Kier alpha value is -0.240. The Morgan fingerprint density at radius 1 is 1.26 bits per heavy atom. The van der Waals surface area contributed by atoms with Crippen LogP contribution in [0.3, 0.4) is 0 Å². The lowest BCUT2D eigenvalue weighted by Crippen LogP contribution is -2.23. The number of halogens is 2. The van der Waals surface area contributed by atoms with Crippen molar-refractivity contribution in [2.45, 2.75) is 38.1 Å². The monoisotopic (exact) mass is 297 g/mol. The van der Waals surface area contributed by atoms with E-state index in [0.717, 1.165) is 23.3 Å². The molecule has 1 nitrogen and oxygen atoms in total. The van der Waals surface area contributed by atoms with Crippen LogP contribution < -0.4 is 5.32 Å². The minimum Gasteiger partial charge on any atom is -0.313 e. The fraction of sp³-hybridized carbons (Fsp3) is 0.625. The number of rotatable bonds is 4. The van der Waals surface area contributed by atoms with Gasteiger partial charge in [-0.1, -0.05) is 41.8 Å². The maximum atomic E-state index is 6.36. The van der Waals surface area contributed by atoms with E-state index >= 15 is 0 Å². The van der Waals surface area contributed by atoms with Crippen LogP contribution in [0.5, 0.6) is 0 Å². The van der Waals surface area contributed by atoms with Crippen molar-refractivity contribution in [2.24, 2.45) is 17.8 Å². The predicted octanol–water partition coefficient (Wildman–Crippen LogP) is 5.08. The Kier molecular flexibility index (Phi) is 4.07. The molecule has 0 radical (unpaired) electrons. The van der Waals surface area contributed by atoms with Crippen LogP contribution in [0.25, 0.3) is 0 Å². The van der Waals surface area contributed by atoms with Crippen LogP contribution >= 0.6 is 23.2 Å². The van der Waals surface area contributed by atoms with Crippen molar-refractivity contribution in [3.8, 4) is 0 Å². The second kappa shape index (κ2) is 5.63. The van der Waals surface area contributed by atoms with E-state index in [1.165, 1.54) is 32.1 Å². The van der Waals surface area contributed by atoms with Gasteiger partial charge in [0.1, 0.15) is 0 Å². The smallest absolute Gasteiger partial charge is 0.0640 e. The maximum Gasteiger partial charge on any atom is 0.0640 e. The largest absolute Gasteiger partial charge is 0.313 e. The fourth-order valence-electron chi connectivity index (χ4n) is 4.16. The Morgan fingerprint density at radius 2 is 2.11 bits per heavy atom. The highest BCUT2D eigenvalue weighted by Crippen LogP contribution is 2.51. The zero-order valence-corrected chi connectivity index (χ0v) is 12.8. The number of fused-ring (bicyclic) bond motifs is 2. The van der Waals surface area contributed by atoms with Crippen LogP contribution in [0.15, 0.2) is 18.2 Å². The summed E-state index contributed by atoms with van der Waals surface area (Å²) in [6.45, 7) is 0. The molecule has 0 aromatic heterocycles. The average molecular weight is 298 g/mol. The molecule has 0 heterocycles. The summed E-state index contributed by atoms with van der Waals surface area (Å²) in [5.41, 5.74) is 1.15.